The first-order valence-corrected chi connectivity index (χ1v) is 8.40. The number of hydrogen-bond donors (Lipinski definition) is 0. The lowest BCUT2D eigenvalue weighted by Crippen LogP contribution is -2.22. The zero-order chi connectivity index (χ0) is 19.0. The predicted octanol–water partition coefficient (Wildman–Crippen LogP) is 3.10. The van der Waals surface area contributed by atoms with Crippen LogP contribution < -0.4 is 18.9 Å². The van der Waals surface area contributed by atoms with E-state index in [-0.39, 0.29) is 18.3 Å². The topological polar surface area (TPSA) is 79.8 Å². The van der Waals surface area contributed by atoms with Crippen LogP contribution in [0.1, 0.15) is 23.5 Å². The van der Waals surface area contributed by atoms with Gasteiger partial charge in [-0.15, -0.1) is 0 Å². The third kappa shape index (κ3) is 2.81. The first-order valence-electron chi connectivity index (χ1n) is 8.40. The van der Waals surface area contributed by atoms with Gasteiger partial charge in [-0.05, 0) is 17.7 Å². The fourth-order valence-electron chi connectivity index (χ4n) is 3.49. The molecule has 1 aliphatic heterocycles. The molecule has 0 aliphatic carbocycles. The molecule has 1 aliphatic rings. The molecule has 0 N–H and O–H groups in total. The molecule has 0 spiro atoms. The minimum Gasteiger partial charge on any atom is -0.493 e. The van der Waals surface area contributed by atoms with Crippen LogP contribution in [0.25, 0.3) is 11.0 Å². The summed E-state index contributed by atoms with van der Waals surface area (Å²) in [5.41, 5.74) is 3.22. The summed E-state index contributed by atoms with van der Waals surface area (Å²) in [5.74, 6) is 1.21. The van der Waals surface area contributed by atoms with Crippen LogP contribution in [0.15, 0.2) is 36.7 Å². The van der Waals surface area contributed by atoms with E-state index in [1.165, 1.54) is 7.11 Å². The molecule has 0 saturated carbocycles. The molecule has 7 heteroatoms. The van der Waals surface area contributed by atoms with Crippen LogP contribution in [0.2, 0.25) is 0 Å². The number of carbonyl (C=O) groups excluding carboxylic acids is 1. The zero-order valence-corrected chi connectivity index (χ0v) is 15.2. The SMILES string of the molecule is COc1cc2c(c(OC)c1OC)[C@@H](c1ccc3nccnc3c1)CC(=O)O2. The van der Waals surface area contributed by atoms with Crippen molar-refractivity contribution in [1.82, 2.24) is 9.97 Å². The van der Waals surface area contributed by atoms with E-state index in [1.54, 1.807) is 32.7 Å². The molecule has 0 saturated heterocycles. The Morgan fingerprint density at radius 1 is 0.963 bits per heavy atom. The van der Waals surface area contributed by atoms with E-state index in [0.717, 1.165) is 22.2 Å². The van der Waals surface area contributed by atoms with E-state index < -0.39 is 0 Å². The zero-order valence-electron chi connectivity index (χ0n) is 15.2. The highest BCUT2D eigenvalue weighted by Gasteiger charge is 2.35. The molecule has 3 aromatic rings. The molecule has 1 atom stereocenters. The number of benzene rings is 2. The first kappa shape index (κ1) is 17.1. The van der Waals surface area contributed by atoms with E-state index >= 15 is 0 Å². The van der Waals surface area contributed by atoms with Crippen LogP contribution in [0.5, 0.6) is 23.0 Å². The number of ether oxygens (including phenoxy) is 4. The molecule has 7 nitrogen and oxygen atoms in total. The third-order valence-electron chi connectivity index (χ3n) is 4.67. The van der Waals surface area contributed by atoms with Crippen LogP contribution in [0.4, 0.5) is 0 Å². The summed E-state index contributed by atoms with van der Waals surface area (Å²) in [6.07, 6.45) is 3.48. The Morgan fingerprint density at radius 2 is 1.70 bits per heavy atom. The summed E-state index contributed by atoms with van der Waals surface area (Å²) in [6.45, 7) is 0. The van der Waals surface area contributed by atoms with Gasteiger partial charge in [0, 0.05) is 29.9 Å². The average molecular weight is 366 g/mol. The molecule has 0 unspecified atom stereocenters. The molecule has 4 rings (SSSR count). The third-order valence-corrected chi connectivity index (χ3v) is 4.67. The summed E-state index contributed by atoms with van der Waals surface area (Å²) in [7, 11) is 4.62. The number of rotatable bonds is 4. The number of esters is 1. The molecule has 138 valence electrons. The largest absolute Gasteiger partial charge is 0.493 e. The van der Waals surface area contributed by atoms with Crippen LogP contribution in [-0.2, 0) is 4.79 Å². The summed E-state index contributed by atoms with van der Waals surface area (Å²) in [5, 5.41) is 0. The van der Waals surface area contributed by atoms with Crippen LogP contribution >= 0.6 is 0 Å². The van der Waals surface area contributed by atoms with Gasteiger partial charge in [-0.25, -0.2) is 0 Å². The van der Waals surface area contributed by atoms with E-state index in [1.807, 2.05) is 18.2 Å². The molecule has 2 aromatic carbocycles. The van der Waals surface area contributed by atoms with Gasteiger partial charge in [-0.2, -0.15) is 0 Å². The van der Waals surface area contributed by atoms with Gasteiger partial charge >= 0.3 is 5.97 Å². The quantitative estimate of drug-likeness (QED) is 0.518. The maximum absolute atomic E-state index is 12.3. The Hall–Kier alpha value is -3.35. The van der Waals surface area contributed by atoms with E-state index in [2.05, 4.69) is 9.97 Å². The first-order chi connectivity index (χ1) is 13.2. The van der Waals surface area contributed by atoms with Crippen molar-refractivity contribution in [3.63, 3.8) is 0 Å². The van der Waals surface area contributed by atoms with E-state index in [9.17, 15) is 4.79 Å². The lowest BCUT2D eigenvalue weighted by atomic mass is 9.85. The molecule has 0 amide bonds. The van der Waals surface area contributed by atoms with Crippen LogP contribution in [0.3, 0.4) is 0 Å². The maximum Gasteiger partial charge on any atom is 0.312 e. The molecular formula is C20H18N2O5. The van der Waals surface area contributed by atoms with Crippen molar-refractivity contribution in [2.45, 2.75) is 12.3 Å². The monoisotopic (exact) mass is 366 g/mol. The van der Waals surface area contributed by atoms with Crippen molar-refractivity contribution in [2.24, 2.45) is 0 Å². The number of hydrogen-bond acceptors (Lipinski definition) is 7. The Balaban J connectivity index is 1.94. The van der Waals surface area contributed by atoms with Gasteiger partial charge in [0.2, 0.25) is 5.75 Å². The smallest absolute Gasteiger partial charge is 0.312 e. The van der Waals surface area contributed by atoms with Crippen molar-refractivity contribution >= 4 is 17.0 Å². The number of nitrogens with zero attached hydrogens (tertiary/aromatic N) is 2. The number of methoxy groups -OCH3 is 3. The van der Waals surface area contributed by atoms with Gasteiger partial charge in [0.1, 0.15) is 5.75 Å². The molecule has 1 aromatic heterocycles. The maximum atomic E-state index is 12.3. The second kappa shape index (κ2) is 6.75. The molecule has 0 radical (unpaired) electrons. The van der Waals surface area contributed by atoms with Crippen molar-refractivity contribution in [3.05, 3.63) is 47.8 Å². The molecule has 2 heterocycles. The number of fused-ring (bicyclic) bond motifs is 2. The standard InChI is InChI=1S/C20H18N2O5/c1-24-16-10-15-18(20(26-3)19(16)25-2)12(9-17(23)27-15)11-4-5-13-14(8-11)22-7-6-21-13/h4-8,10,12H,9H2,1-3H3/t12-/m1/s1. The van der Waals surface area contributed by atoms with Crippen molar-refractivity contribution < 1.29 is 23.7 Å². The van der Waals surface area contributed by atoms with Crippen LogP contribution in [-0.4, -0.2) is 37.3 Å². The minimum atomic E-state index is -0.319. The lowest BCUT2D eigenvalue weighted by Gasteiger charge is -2.28. The summed E-state index contributed by atoms with van der Waals surface area (Å²) in [4.78, 5) is 20.9. The average Bonchev–Trinajstić information content (AvgIpc) is 2.71. The fraction of sp³-hybridized carbons (Fsp3) is 0.250. The van der Waals surface area contributed by atoms with Gasteiger partial charge in [-0.1, -0.05) is 6.07 Å². The highest BCUT2D eigenvalue weighted by Crippen LogP contribution is 2.52. The Morgan fingerprint density at radius 3 is 2.41 bits per heavy atom. The minimum absolute atomic E-state index is 0.185. The molecule has 0 fully saturated rings. The lowest BCUT2D eigenvalue weighted by molar-refractivity contribution is -0.135. The van der Waals surface area contributed by atoms with E-state index in [4.69, 9.17) is 18.9 Å². The Kier molecular flexibility index (Phi) is 4.27. The van der Waals surface area contributed by atoms with Gasteiger partial charge < -0.3 is 18.9 Å². The Labute approximate surface area is 155 Å². The van der Waals surface area contributed by atoms with Gasteiger partial charge in [-0.3, -0.25) is 14.8 Å². The molecule has 0 bridgehead atoms. The summed E-state index contributed by atoms with van der Waals surface area (Å²) >= 11 is 0. The molecule has 27 heavy (non-hydrogen) atoms. The number of aromatic nitrogens is 2. The predicted molar refractivity (Wildman–Crippen MR) is 97.7 cm³/mol. The summed E-state index contributed by atoms with van der Waals surface area (Å²) < 4.78 is 22.0. The number of carbonyl (C=O) groups is 1. The van der Waals surface area contributed by atoms with Crippen molar-refractivity contribution in [2.75, 3.05) is 21.3 Å². The van der Waals surface area contributed by atoms with Crippen LogP contribution in [0, 0.1) is 0 Å². The normalized spacial score (nSPS) is 15.8. The summed E-state index contributed by atoms with van der Waals surface area (Å²) in [6, 6.07) is 7.43. The Bertz CT molecular complexity index is 1030. The molecular weight excluding hydrogens is 348 g/mol. The van der Waals surface area contributed by atoms with Gasteiger partial charge in [0.05, 0.1) is 38.8 Å². The highest BCUT2D eigenvalue weighted by molar-refractivity contribution is 5.82. The van der Waals surface area contributed by atoms with Crippen molar-refractivity contribution in [3.8, 4) is 23.0 Å². The second-order valence-corrected chi connectivity index (χ2v) is 6.09. The highest BCUT2D eigenvalue weighted by atomic mass is 16.5. The fourth-order valence-corrected chi connectivity index (χ4v) is 3.49. The second-order valence-electron chi connectivity index (χ2n) is 6.09. The van der Waals surface area contributed by atoms with Gasteiger partial charge in [0.25, 0.3) is 0 Å². The van der Waals surface area contributed by atoms with Crippen molar-refractivity contribution in [1.29, 1.82) is 0 Å². The van der Waals surface area contributed by atoms with Gasteiger partial charge in [0.15, 0.2) is 11.5 Å². The van der Waals surface area contributed by atoms with E-state index in [0.29, 0.717) is 23.0 Å².